The number of rotatable bonds is 2. The summed E-state index contributed by atoms with van der Waals surface area (Å²) in [5.41, 5.74) is 4.26. The standard InChI is InChI=1S/C5H4N4O4/c6-5-4(9(12)13)1-3(2-7-5)8(10)11/h1-2H,(H2,6,7)/p+1. The molecule has 0 amide bonds. The number of hydrogen-bond donors (Lipinski definition) is 1. The molecular formula is C5H5N4O4+. The van der Waals surface area contributed by atoms with Crippen LogP contribution in [0.1, 0.15) is 0 Å². The predicted molar refractivity (Wildman–Crippen MR) is 40.7 cm³/mol. The summed E-state index contributed by atoms with van der Waals surface area (Å²) in [7, 11) is 0. The Bertz CT molecular complexity index is 377. The van der Waals surface area contributed by atoms with Gasteiger partial charge in [0.25, 0.3) is 0 Å². The number of hydrogen-bond acceptors (Lipinski definition) is 5. The van der Waals surface area contributed by atoms with E-state index in [1.807, 2.05) is 0 Å². The van der Waals surface area contributed by atoms with Crippen molar-refractivity contribution in [3.63, 3.8) is 0 Å². The molecule has 1 aromatic rings. The first-order valence-electron chi connectivity index (χ1n) is 3.12. The van der Waals surface area contributed by atoms with Gasteiger partial charge in [-0.2, -0.15) is 0 Å². The summed E-state index contributed by atoms with van der Waals surface area (Å²) in [6.07, 6.45) is 0.988. The van der Waals surface area contributed by atoms with E-state index in [9.17, 15) is 20.2 Å². The quantitative estimate of drug-likeness (QED) is 0.508. The summed E-state index contributed by atoms with van der Waals surface area (Å²) in [5.74, 6) is -0.212. The van der Waals surface area contributed by atoms with Gasteiger partial charge in [-0.25, -0.2) is 4.98 Å². The number of nitro groups is 2. The van der Waals surface area contributed by atoms with Crippen LogP contribution in [0, 0.1) is 20.2 Å². The maximum absolute atomic E-state index is 10.3. The molecule has 0 bridgehead atoms. The average Bonchev–Trinajstić information content (AvgIpc) is 2.04. The van der Waals surface area contributed by atoms with Gasteiger partial charge in [-0.15, -0.1) is 0 Å². The molecule has 1 rings (SSSR count). The lowest BCUT2D eigenvalue weighted by Crippen LogP contribution is -2.13. The fraction of sp³-hybridized carbons (Fsp3) is 0. The highest BCUT2D eigenvalue weighted by atomic mass is 16.6. The van der Waals surface area contributed by atoms with Gasteiger partial charge >= 0.3 is 17.2 Å². The molecular weight excluding hydrogens is 180 g/mol. The third-order valence-corrected chi connectivity index (χ3v) is 1.34. The molecule has 0 fully saturated rings. The average molecular weight is 185 g/mol. The van der Waals surface area contributed by atoms with Gasteiger partial charge in [0.2, 0.25) is 0 Å². The highest BCUT2D eigenvalue weighted by molar-refractivity contribution is 5.52. The number of nitrogens with two attached hydrogens (primary N) is 1. The maximum Gasteiger partial charge on any atom is 0.363 e. The number of pyridine rings is 1. The lowest BCUT2D eigenvalue weighted by atomic mass is 10.3. The van der Waals surface area contributed by atoms with Crippen molar-refractivity contribution in [2.45, 2.75) is 0 Å². The molecule has 13 heavy (non-hydrogen) atoms. The zero-order valence-electron chi connectivity index (χ0n) is 6.26. The van der Waals surface area contributed by atoms with Crippen LogP contribution < -0.4 is 10.7 Å². The van der Waals surface area contributed by atoms with Crippen molar-refractivity contribution in [2.24, 2.45) is 0 Å². The van der Waals surface area contributed by atoms with E-state index in [-0.39, 0.29) is 5.82 Å². The molecule has 8 nitrogen and oxygen atoms in total. The fourth-order valence-corrected chi connectivity index (χ4v) is 0.742. The van der Waals surface area contributed by atoms with Crippen LogP contribution in [0.5, 0.6) is 0 Å². The van der Waals surface area contributed by atoms with Gasteiger partial charge < -0.3 is 0 Å². The Labute approximate surface area is 71.3 Å². The summed E-state index contributed by atoms with van der Waals surface area (Å²) in [4.78, 5) is 21.2. The van der Waals surface area contributed by atoms with Gasteiger partial charge in [0.1, 0.15) is 6.07 Å². The van der Waals surface area contributed by atoms with Crippen LogP contribution in [0.4, 0.5) is 17.2 Å². The molecule has 0 unspecified atom stereocenters. The Morgan fingerprint density at radius 3 is 2.38 bits per heavy atom. The molecule has 0 spiro atoms. The van der Waals surface area contributed by atoms with Crippen LogP contribution in [0.15, 0.2) is 12.3 Å². The third kappa shape index (κ3) is 1.67. The normalized spacial score (nSPS) is 9.54. The van der Waals surface area contributed by atoms with E-state index in [4.69, 9.17) is 5.73 Å². The first-order valence-corrected chi connectivity index (χ1v) is 3.12. The number of nitrogens with zero attached hydrogens (tertiary/aromatic N) is 2. The maximum atomic E-state index is 10.3. The summed E-state index contributed by atoms with van der Waals surface area (Å²) in [6, 6.07) is 0.797. The molecule has 1 heterocycles. The van der Waals surface area contributed by atoms with Crippen molar-refractivity contribution in [1.82, 2.24) is 0 Å². The van der Waals surface area contributed by atoms with E-state index in [2.05, 4.69) is 4.98 Å². The lowest BCUT2D eigenvalue weighted by Gasteiger charge is -1.91. The van der Waals surface area contributed by atoms with Crippen LogP contribution in [0.3, 0.4) is 0 Å². The Morgan fingerprint density at radius 2 is 1.92 bits per heavy atom. The smallest absolute Gasteiger partial charge is 0.281 e. The van der Waals surface area contributed by atoms with E-state index in [1.54, 1.807) is 0 Å². The van der Waals surface area contributed by atoms with Gasteiger partial charge in [0, 0.05) is 0 Å². The van der Waals surface area contributed by atoms with E-state index >= 15 is 0 Å². The van der Waals surface area contributed by atoms with Crippen LogP contribution in [0.25, 0.3) is 0 Å². The summed E-state index contributed by atoms with van der Waals surface area (Å²) < 4.78 is 0. The van der Waals surface area contributed by atoms with Crippen LogP contribution >= 0.6 is 0 Å². The minimum absolute atomic E-state index is 0.212. The molecule has 0 saturated heterocycles. The molecule has 8 heteroatoms. The third-order valence-electron chi connectivity index (χ3n) is 1.34. The number of nitrogen functional groups attached to an aromatic ring is 1. The summed E-state index contributed by atoms with van der Waals surface area (Å²) >= 11 is 0. The Hall–Kier alpha value is -2.25. The van der Waals surface area contributed by atoms with Crippen molar-refractivity contribution in [3.8, 4) is 0 Å². The first-order chi connectivity index (χ1) is 6.02. The molecule has 0 aliphatic rings. The topological polar surface area (TPSA) is 126 Å². The Balaban J connectivity index is 3.27. The van der Waals surface area contributed by atoms with Crippen LogP contribution in [-0.4, -0.2) is 9.85 Å². The minimum atomic E-state index is -0.793. The number of aromatic nitrogens is 1. The zero-order valence-corrected chi connectivity index (χ0v) is 6.26. The number of anilines is 1. The lowest BCUT2D eigenvalue weighted by molar-refractivity contribution is -0.430. The summed E-state index contributed by atoms with van der Waals surface area (Å²) in [6.45, 7) is 0. The van der Waals surface area contributed by atoms with Crippen molar-refractivity contribution in [2.75, 3.05) is 5.73 Å². The monoisotopic (exact) mass is 185 g/mol. The second-order valence-corrected chi connectivity index (χ2v) is 2.17. The van der Waals surface area contributed by atoms with Crippen molar-refractivity contribution >= 4 is 17.2 Å². The van der Waals surface area contributed by atoms with Crippen molar-refractivity contribution in [1.29, 1.82) is 0 Å². The molecule has 0 atom stereocenters. The molecule has 0 aliphatic carbocycles. The highest BCUT2D eigenvalue weighted by Gasteiger charge is 2.22. The molecule has 3 N–H and O–H groups in total. The van der Waals surface area contributed by atoms with Crippen LogP contribution in [0.2, 0.25) is 0 Å². The Kier molecular flexibility index (Phi) is 2.05. The summed E-state index contributed by atoms with van der Waals surface area (Å²) in [5, 5.41) is 20.5. The molecule has 1 aromatic heterocycles. The second-order valence-electron chi connectivity index (χ2n) is 2.17. The second kappa shape index (κ2) is 3.01. The SMILES string of the molecule is Nc1[nH+]cc([N+](=O)[O-])cc1[N+](=O)[O-]. The first kappa shape index (κ1) is 8.84. The highest BCUT2D eigenvalue weighted by Crippen LogP contribution is 2.20. The van der Waals surface area contributed by atoms with E-state index in [0.717, 1.165) is 12.3 Å². The zero-order chi connectivity index (χ0) is 10.0. The van der Waals surface area contributed by atoms with Crippen molar-refractivity contribution in [3.05, 3.63) is 32.5 Å². The number of aromatic amines is 1. The molecule has 0 aromatic carbocycles. The largest absolute Gasteiger partial charge is 0.363 e. The van der Waals surface area contributed by atoms with E-state index in [0.29, 0.717) is 0 Å². The van der Waals surface area contributed by atoms with Gasteiger partial charge in [0.05, 0.1) is 9.85 Å². The van der Waals surface area contributed by atoms with Gasteiger partial charge in [0.15, 0.2) is 6.20 Å². The number of H-pyrrole nitrogens is 1. The number of nitrogens with one attached hydrogen (secondary N) is 1. The molecule has 0 radical (unpaired) electrons. The fourth-order valence-electron chi connectivity index (χ4n) is 0.742. The molecule has 68 valence electrons. The molecule has 0 saturated carbocycles. The minimum Gasteiger partial charge on any atom is -0.281 e. The van der Waals surface area contributed by atoms with E-state index < -0.39 is 21.2 Å². The van der Waals surface area contributed by atoms with E-state index in [1.165, 1.54) is 0 Å². The van der Waals surface area contributed by atoms with Crippen molar-refractivity contribution < 1.29 is 14.8 Å². The van der Waals surface area contributed by atoms with Gasteiger partial charge in [-0.05, 0) is 0 Å². The van der Waals surface area contributed by atoms with Crippen LogP contribution in [-0.2, 0) is 0 Å². The van der Waals surface area contributed by atoms with Gasteiger partial charge in [-0.1, -0.05) is 0 Å². The Morgan fingerprint density at radius 1 is 1.31 bits per heavy atom. The molecule has 0 aliphatic heterocycles. The predicted octanol–water partition coefficient (Wildman–Crippen LogP) is -0.101. The van der Waals surface area contributed by atoms with Gasteiger partial charge in [-0.3, -0.25) is 26.0 Å².